The van der Waals surface area contributed by atoms with Gasteiger partial charge < -0.3 is 18.9 Å². The van der Waals surface area contributed by atoms with E-state index in [1.54, 1.807) is 25.3 Å². The maximum absolute atomic E-state index is 11.9. The molecule has 0 aliphatic heterocycles. The Kier molecular flexibility index (Phi) is 7.30. The summed E-state index contributed by atoms with van der Waals surface area (Å²) in [6.07, 6.45) is 0. The van der Waals surface area contributed by atoms with Crippen molar-refractivity contribution in [3.63, 3.8) is 0 Å². The fourth-order valence-electron chi connectivity index (χ4n) is 2.97. The lowest BCUT2D eigenvalue weighted by Gasteiger charge is -2.22. The second-order valence-electron chi connectivity index (χ2n) is 5.98. The van der Waals surface area contributed by atoms with Crippen molar-refractivity contribution < 1.29 is 32.2 Å². The highest BCUT2D eigenvalue weighted by Crippen LogP contribution is 2.37. The van der Waals surface area contributed by atoms with Gasteiger partial charge in [-0.2, -0.15) is 12.7 Å². The number of amides is 1. The largest absolute Gasteiger partial charge is 0.496 e. The van der Waals surface area contributed by atoms with Crippen LogP contribution in [-0.2, 0) is 24.5 Å². The minimum atomic E-state index is -4.34. The number of rotatable bonds is 8. The number of hydrogen-bond acceptors (Lipinski definition) is 7. The van der Waals surface area contributed by atoms with Crippen molar-refractivity contribution in [1.82, 2.24) is 0 Å². The minimum Gasteiger partial charge on any atom is -0.496 e. The minimum absolute atomic E-state index is 0.0250. The molecule has 0 unspecified atom stereocenters. The molecule has 1 amide bonds. The molecule has 2 aromatic rings. The molecule has 0 saturated carbocycles. The number of carbonyl (C=O) groups excluding carboxylic acids is 1. The molecule has 0 aliphatic carbocycles. The zero-order valence-electron chi connectivity index (χ0n) is 17.3. The Morgan fingerprint density at radius 1 is 0.900 bits per heavy atom. The lowest BCUT2D eigenvalue weighted by molar-refractivity contribution is -0.115. The Labute approximate surface area is 175 Å². The van der Waals surface area contributed by atoms with Crippen molar-refractivity contribution >= 4 is 33.3 Å². The number of hydrogen-bond donors (Lipinski definition) is 1. The third kappa shape index (κ3) is 4.66. The van der Waals surface area contributed by atoms with Gasteiger partial charge in [0, 0.05) is 12.5 Å². The lowest BCUT2D eigenvalue weighted by Crippen LogP contribution is -2.40. The highest BCUT2D eigenvalue weighted by molar-refractivity contribution is 7.91. The number of methoxy groups -OCH3 is 4. The summed E-state index contributed by atoms with van der Waals surface area (Å²) in [6.45, 7) is 1.09. The summed E-state index contributed by atoms with van der Waals surface area (Å²) in [5.41, 5.74) is 1.14. The molecule has 0 fully saturated rings. The first-order chi connectivity index (χ1) is 14.2. The molecule has 2 N–H and O–H groups in total. The molecule has 0 aromatic heterocycles. The molecule has 0 aliphatic rings. The summed E-state index contributed by atoms with van der Waals surface area (Å²) in [6, 6.07) is 11.7. The van der Waals surface area contributed by atoms with Gasteiger partial charge in [-0.25, -0.2) is 5.14 Å². The van der Waals surface area contributed by atoms with Gasteiger partial charge in [-0.15, -0.1) is 0 Å². The van der Waals surface area contributed by atoms with Crippen LogP contribution in [0.5, 0.6) is 11.5 Å². The average Bonchev–Trinajstić information content (AvgIpc) is 2.71. The highest BCUT2D eigenvalue weighted by atomic mass is 32.2. The van der Waals surface area contributed by atoms with Crippen molar-refractivity contribution in [2.45, 2.75) is 6.92 Å². The molecular formula is C20H24N2O7S. The van der Waals surface area contributed by atoms with E-state index in [4.69, 9.17) is 24.1 Å². The van der Waals surface area contributed by atoms with Crippen molar-refractivity contribution in [2.75, 3.05) is 32.7 Å². The molecule has 10 heteroatoms. The SMILES string of the molecule is COC(=C(OC)c1ccccc1OC)c1ccc(N(C(C)=O)S(N)(=O)=O)c(OC)c1. The fourth-order valence-corrected chi connectivity index (χ4v) is 3.75. The Hall–Kier alpha value is -3.24. The summed E-state index contributed by atoms with van der Waals surface area (Å²) >= 11 is 0. The molecule has 162 valence electrons. The van der Waals surface area contributed by atoms with E-state index >= 15 is 0 Å². The third-order valence-corrected chi connectivity index (χ3v) is 5.13. The average molecular weight is 436 g/mol. The first kappa shape index (κ1) is 23.0. The van der Waals surface area contributed by atoms with Gasteiger partial charge in [0.1, 0.15) is 17.2 Å². The first-order valence-electron chi connectivity index (χ1n) is 8.67. The molecule has 0 atom stereocenters. The summed E-state index contributed by atoms with van der Waals surface area (Å²) in [5.74, 6) is 0.625. The molecular weight excluding hydrogens is 412 g/mol. The van der Waals surface area contributed by atoms with Crippen LogP contribution in [0, 0.1) is 0 Å². The maximum atomic E-state index is 11.9. The Balaban J connectivity index is 2.72. The van der Waals surface area contributed by atoms with Crippen molar-refractivity contribution in [3.05, 3.63) is 53.6 Å². The van der Waals surface area contributed by atoms with E-state index in [-0.39, 0.29) is 11.4 Å². The summed E-state index contributed by atoms with van der Waals surface area (Å²) in [7, 11) is 1.50. The summed E-state index contributed by atoms with van der Waals surface area (Å²) in [5, 5.41) is 5.19. The standard InChI is InChI=1S/C20H24N2O7S/c1-13(23)22(30(21,24)25)16-11-10-14(12-18(16)27-3)19(28-4)20(29-5)15-8-6-7-9-17(15)26-2/h6-12H,1-5H3,(H2,21,24,25). The van der Waals surface area contributed by atoms with Crippen molar-refractivity contribution in [1.29, 1.82) is 0 Å². The molecule has 2 aromatic carbocycles. The molecule has 0 bridgehead atoms. The van der Waals surface area contributed by atoms with Crippen LogP contribution < -0.4 is 18.9 Å². The van der Waals surface area contributed by atoms with E-state index in [1.165, 1.54) is 33.5 Å². The van der Waals surface area contributed by atoms with Crippen LogP contribution in [0.3, 0.4) is 0 Å². The van der Waals surface area contributed by atoms with E-state index < -0.39 is 16.1 Å². The van der Waals surface area contributed by atoms with Gasteiger partial charge in [-0.05, 0) is 30.3 Å². The van der Waals surface area contributed by atoms with E-state index in [9.17, 15) is 13.2 Å². The second kappa shape index (κ2) is 9.51. The van der Waals surface area contributed by atoms with Crippen molar-refractivity contribution in [2.24, 2.45) is 5.14 Å². The first-order valence-corrected chi connectivity index (χ1v) is 10.2. The number of carbonyl (C=O) groups is 1. The normalized spacial score (nSPS) is 11.9. The number of nitrogens with two attached hydrogens (primary N) is 1. The molecule has 0 spiro atoms. The molecule has 0 heterocycles. The number of para-hydroxylation sites is 1. The van der Waals surface area contributed by atoms with Gasteiger partial charge in [0.25, 0.3) is 0 Å². The van der Waals surface area contributed by atoms with Gasteiger partial charge in [0.2, 0.25) is 5.91 Å². The predicted molar refractivity (Wildman–Crippen MR) is 113 cm³/mol. The predicted octanol–water partition coefficient (Wildman–Crippen LogP) is 2.38. The van der Waals surface area contributed by atoms with E-state index in [1.807, 2.05) is 12.1 Å². The number of ether oxygens (including phenoxy) is 4. The van der Waals surface area contributed by atoms with Gasteiger partial charge >= 0.3 is 10.2 Å². The van der Waals surface area contributed by atoms with Crippen LogP contribution in [0.2, 0.25) is 0 Å². The number of benzene rings is 2. The van der Waals surface area contributed by atoms with Crippen LogP contribution in [0.15, 0.2) is 42.5 Å². The van der Waals surface area contributed by atoms with Crippen LogP contribution in [-0.4, -0.2) is 42.8 Å². The second-order valence-corrected chi connectivity index (χ2v) is 7.38. The van der Waals surface area contributed by atoms with Crippen LogP contribution in [0.4, 0.5) is 5.69 Å². The zero-order valence-corrected chi connectivity index (χ0v) is 18.1. The van der Waals surface area contributed by atoms with Crippen molar-refractivity contribution in [3.8, 4) is 11.5 Å². The molecule has 0 radical (unpaired) electrons. The van der Waals surface area contributed by atoms with Gasteiger partial charge in [-0.3, -0.25) is 4.79 Å². The topological polar surface area (TPSA) is 117 Å². The number of nitrogens with zero attached hydrogens (tertiary/aromatic N) is 1. The maximum Gasteiger partial charge on any atom is 0.305 e. The number of anilines is 1. The van der Waals surface area contributed by atoms with E-state index in [0.717, 1.165) is 6.92 Å². The smallest absolute Gasteiger partial charge is 0.305 e. The Morgan fingerprint density at radius 3 is 2.00 bits per heavy atom. The van der Waals surface area contributed by atoms with E-state index in [0.29, 0.717) is 32.7 Å². The monoisotopic (exact) mass is 436 g/mol. The van der Waals surface area contributed by atoms with Crippen LogP contribution in [0.1, 0.15) is 18.1 Å². The highest BCUT2D eigenvalue weighted by Gasteiger charge is 2.27. The van der Waals surface area contributed by atoms with Gasteiger partial charge in [-0.1, -0.05) is 12.1 Å². The van der Waals surface area contributed by atoms with Crippen LogP contribution >= 0.6 is 0 Å². The molecule has 0 saturated heterocycles. The Morgan fingerprint density at radius 2 is 1.50 bits per heavy atom. The van der Waals surface area contributed by atoms with Gasteiger partial charge in [0.05, 0.1) is 34.0 Å². The lowest BCUT2D eigenvalue weighted by atomic mass is 10.1. The molecule has 9 nitrogen and oxygen atoms in total. The fraction of sp³-hybridized carbons (Fsp3) is 0.250. The molecule has 30 heavy (non-hydrogen) atoms. The van der Waals surface area contributed by atoms with Crippen LogP contribution in [0.25, 0.3) is 11.5 Å². The third-order valence-electron chi connectivity index (χ3n) is 4.17. The zero-order chi connectivity index (χ0) is 22.5. The summed E-state index contributed by atoms with van der Waals surface area (Å²) < 4.78 is 46.1. The quantitative estimate of drug-likeness (QED) is 0.499. The van der Waals surface area contributed by atoms with E-state index in [2.05, 4.69) is 0 Å². The summed E-state index contributed by atoms with van der Waals surface area (Å²) in [4.78, 5) is 11.9. The van der Waals surface area contributed by atoms with Gasteiger partial charge in [0.15, 0.2) is 11.5 Å². The Bertz CT molecular complexity index is 1060. The molecule has 2 rings (SSSR count).